The number of hydrogen-bond donors (Lipinski definition) is 2. The van der Waals surface area contributed by atoms with Gasteiger partial charge < -0.3 is 15.5 Å². The zero-order valence-electron chi connectivity index (χ0n) is 9.81. The fraction of sp³-hybridized carbons (Fsp3) is 0.154. The molecule has 1 amide bonds. The number of hydrogen-bond acceptors (Lipinski definition) is 3. The van der Waals surface area contributed by atoms with E-state index in [1.54, 1.807) is 19.1 Å². The van der Waals surface area contributed by atoms with E-state index in [2.05, 4.69) is 5.32 Å². The molecule has 4 nitrogen and oxygen atoms in total. The molecule has 0 unspecified atom stereocenters. The van der Waals surface area contributed by atoms with Crippen LogP contribution in [0.4, 0.5) is 10.1 Å². The van der Waals surface area contributed by atoms with Gasteiger partial charge >= 0.3 is 0 Å². The number of halogens is 1. The number of carbonyl (C=O) groups excluding carboxylic acids is 1. The first-order chi connectivity index (χ1) is 8.58. The number of benzene rings is 1. The molecule has 94 valence electrons. The molecule has 18 heavy (non-hydrogen) atoms. The van der Waals surface area contributed by atoms with Gasteiger partial charge in [0.25, 0.3) is 5.91 Å². The summed E-state index contributed by atoms with van der Waals surface area (Å²) < 4.78 is 18.2. The summed E-state index contributed by atoms with van der Waals surface area (Å²) in [5.41, 5.74) is 5.99. The minimum Gasteiger partial charge on any atom is -0.467 e. The van der Waals surface area contributed by atoms with E-state index in [4.69, 9.17) is 10.2 Å². The van der Waals surface area contributed by atoms with E-state index in [0.29, 0.717) is 5.76 Å². The third-order valence-corrected chi connectivity index (χ3v) is 2.58. The predicted molar refractivity (Wildman–Crippen MR) is 65.4 cm³/mol. The Bertz CT molecular complexity index is 552. The van der Waals surface area contributed by atoms with E-state index in [1.165, 1.54) is 18.4 Å². The minimum atomic E-state index is -0.500. The Morgan fingerprint density at radius 3 is 2.89 bits per heavy atom. The topological polar surface area (TPSA) is 68.3 Å². The molecular weight excluding hydrogens is 235 g/mol. The fourth-order valence-electron chi connectivity index (χ4n) is 1.61. The Kier molecular flexibility index (Phi) is 3.32. The maximum absolute atomic E-state index is 13.1. The zero-order valence-corrected chi connectivity index (χ0v) is 9.81. The van der Waals surface area contributed by atoms with Crippen LogP contribution < -0.4 is 11.1 Å². The van der Waals surface area contributed by atoms with Crippen LogP contribution in [0.1, 0.15) is 29.1 Å². The van der Waals surface area contributed by atoms with Crippen LogP contribution in [-0.2, 0) is 0 Å². The van der Waals surface area contributed by atoms with Crippen molar-refractivity contribution in [2.24, 2.45) is 0 Å². The van der Waals surface area contributed by atoms with Crippen molar-refractivity contribution in [1.29, 1.82) is 0 Å². The number of nitrogens with two attached hydrogens (primary N) is 1. The van der Waals surface area contributed by atoms with Gasteiger partial charge in [-0.1, -0.05) is 0 Å². The lowest BCUT2D eigenvalue weighted by molar-refractivity contribution is 0.0936. The van der Waals surface area contributed by atoms with Gasteiger partial charge in [-0.2, -0.15) is 0 Å². The molecule has 0 saturated carbocycles. The maximum atomic E-state index is 13.1. The Morgan fingerprint density at radius 1 is 1.44 bits per heavy atom. The summed E-state index contributed by atoms with van der Waals surface area (Å²) in [6.07, 6.45) is 1.52. The number of furan rings is 1. The second kappa shape index (κ2) is 4.91. The van der Waals surface area contributed by atoms with Crippen molar-refractivity contribution >= 4 is 11.6 Å². The second-order valence-corrected chi connectivity index (χ2v) is 3.94. The Morgan fingerprint density at radius 2 is 2.22 bits per heavy atom. The smallest absolute Gasteiger partial charge is 0.254 e. The highest BCUT2D eigenvalue weighted by Gasteiger charge is 2.15. The van der Waals surface area contributed by atoms with Gasteiger partial charge in [-0.3, -0.25) is 4.79 Å². The van der Waals surface area contributed by atoms with E-state index >= 15 is 0 Å². The van der Waals surface area contributed by atoms with Gasteiger partial charge in [-0.25, -0.2) is 4.39 Å². The van der Waals surface area contributed by atoms with Gasteiger partial charge in [-0.05, 0) is 37.3 Å². The van der Waals surface area contributed by atoms with Crippen molar-refractivity contribution in [2.45, 2.75) is 13.0 Å². The SMILES string of the molecule is C[C@H](NC(=O)c1cc(F)ccc1N)c1ccco1. The lowest BCUT2D eigenvalue weighted by Gasteiger charge is -2.12. The van der Waals surface area contributed by atoms with Crippen molar-refractivity contribution in [3.05, 3.63) is 53.7 Å². The van der Waals surface area contributed by atoms with Gasteiger partial charge in [0.15, 0.2) is 0 Å². The van der Waals surface area contributed by atoms with Gasteiger partial charge in [0.05, 0.1) is 17.9 Å². The monoisotopic (exact) mass is 248 g/mol. The maximum Gasteiger partial charge on any atom is 0.254 e. The minimum absolute atomic E-state index is 0.119. The molecule has 2 rings (SSSR count). The number of carbonyl (C=O) groups is 1. The molecule has 1 atom stereocenters. The third kappa shape index (κ3) is 2.51. The van der Waals surface area contributed by atoms with Crippen molar-refractivity contribution < 1.29 is 13.6 Å². The predicted octanol–water partition coefficient (Wildman–Crippen LogP) is 2.49. The zero-order chi connectivity index (χ0) is 13.1. The average molecular weight is 248 g/mol. The van der Waals surface area contributed by atoms with Crippen LogP contribution in [0.25, 0.3) is 0 Å². The summed E-state index contributed by atoms with van der Waals surface area (Å²) >= 11 is 0. The molecule has 1 aromatic heterocycles. The van der Waals surface area contributed by atoms with Crippen LogP contribution >= 0.6 is 0 Å². The molecule has 5 heteroatoms. The van der Waals surface area contributed by atoms with E-state index in [-0.39, 0.29) is 17.3 Å². The number of nitrogens with one attached hydrogen (secondary N) is 1. The van der Waals surface area contributed by atoms with Crippen molar-refractivity contribution in [3.63, 3.8) is 0 Å². The summed E-state index contributed by atoms with van der Waals surface area (Å²) in [7, 11) is 0. The summed E-state index contributed by atoms with van der Waals surface area (Å²) in [6.45, 7) is 1.77. The van der Waals surface area contributed by atoms with Crippen molar-refractivity contribution in [3.8, 4) is 0 Å². The normalized spacial score (nSPS) is 12.1. The first-order valence-electron chi connectivity index (χ1n) is 5.47. The molecular formula is C13H13FN2O2. The Balaban J connectivity index is 2.15. The number of amides is 1. The lowest BCUT2D eigenvalue weighted by Crippen LogP contribution is -2.27. The van der Waals surface area contributed by atoms with E-state index < -0.39 is 11.7 Å². The highest BCUT2D eigenvalue weighted by Crippen LogP contribution is 2.17. The van der Waals surface area contributed by atoms with Crippen LogP contribution in [0.5, 0.6) is 0 Å². The standard InChI is InChI=1S/C13H13FN2O2/c1-8(12-3-2-6-18-12)16-13(17)10-7-9(14)4-5-11(10)15/h2-8H,15H2,1H3,(H,16,17)/t8-/m0/s1. The Labute approximate surface area is 104 Å². The summed E-state index contributed by atoms with van der Waals surface area (Å²) in [4.78, 5) is 11.9. The van der Waals surface area contributed by atoms with Crippen LogP contribution in [0.2, 0.25) is 0 Å². The lowest BCUT2D eigenvalue weighted by atomic mass is 10.1. The first kappa shape index (κ1) is 12.2. The molecule has 0 aliphatic carbocycles. The van der Waals surface area contributed by atoms with Crippen LogP contribution in [0, 0.1) is 5.82 Å². The van der Waals surface area contributed by atoms with E-state index in [0.717, 1.165) is 6.07 Å². The summed E-state index contributed by atoms with van der Waals surface area (Å²) in [6, 6.07) is 6.85. The average Bonchev–Trinajstić information content (AvgIpc) is 2.85. The molecule has 3 N–H and O–H groups in total. The highest BCUT2D eigenvalue weighted by molar-refractivity contribution is 5.99. The molecule has 2 aromatic rings. The molecule has 0 radical (unpaired) electrons. The van der Waals surface area contributed by atoms with Crippen LogP contribution in [-0.4, -0.2) is 5.91 Å². The first-order valence-corrected chi connectivity index (χ1v) is 5.47. The van der Waals surface area contributed by atoms with Crippen molar-refractivity contribution in [2.75, 3.05) is 5.73 Å². The quantitative estimate of drug-likeness (QED) is 0.820. The fourth-order valence-corrected chi connectivity index (χ4v) is 1.61. The highest BCUT2D eigenvalue weighted by atomic mass is 19.1. The molecule has 0 saturated heterocycles. The number of rotatable bonds is 3. The molecule has 1 aromatic carbocycles. The molecule has 0 spiro atoms. The molecule has 1 heterocycles. The van der Waals surface area contributed by atoms with Gasteiger partial charge in [0.1, 0.15) is 11.6 Å². The summed E-state index contributed by atoms with van der Waals surface area (Å²) in [5.74, 6) is -0.311. The molecule has 0 fully saturated rings. The van der Waals surface area contributed by atoms with Crippen LogP contribution in [0.15, 0.2) is 41.0 Å². The molecule has 0 aliphatic heterocycles. The van der Waals surface area contributed by atoms with Crippen molar-refractivity contribution in [1.82, 2.24) is 5.32 Å². The second-order valence-electron chi connectivity index (χ2n) is 3.94. The summed E-state index contributed by atoms with van der Waals surface area (Å²) in [5, 5.41) is 2.69. The van der Waals surface area contributed by atoms with Crippen LogP contribution in [0.3, 0.4) is 0 Å². The largest absolute Gasteiger partial charge is 0.467 e. The Hall–Kier alpha value is -2.30. The number of anilines is 1. The molecule has 0 bridgehead atoms. The van der Waals surface area contributed by atoms with Gasteiger partial charge in [0.2, 0.25) is 0 Å². The van der Waals surface area contributed by atoms with E-state index in [9.17, 15) is 9.18 Å². The number of nitrogen functional groups attached to an aromatic ring is 1. The third-order valence-electron chi connectivity index (χ3n) is 2.58. The molecule has 0 aliphatic rings. The van der Waals surface area contributed by atoms with Gasteiger partial charge in [0, 0.05) is 5.69 Å². The van der Waals surface area contributed by atoms with E-state index in [1.807, 2.05) is 0 Å². The van der Waals surface area contributed by atoms with Gasteiger partial charge in [-0.15, -0.1) is 0 Å².